The molecular formula is C22H28N2O4. The van der Waals surface area contributed by atoms with Gasteiger partial charge in [0.05, 0.1) is 17.6 Å². The van der Waals surface area contributed by atoms with Crippen molar-refractivity contribution in [3.05, 3.63) is 64.2 Å². The molecule has 2 atom stereocenters. The number of rotatable bonds is 6. The first-order valence-corrected chi connectivity index (χ1v) is 9.66. The Morgan fingerprint density at radius 3 is 2.36 bits per heavy atom. The lowest BCUT2D eigenvalue weighted by molar-refractivity contribution is -0.384. The first kappa shape index (κ1) is 20.1. The van der Waals surface area contributed by atoms with E-state index in [1.807, 2.05) is 38.1 Å². The van der Waals surface area contributed by atoms with E-state index >= 15 is 0 Å². The first-order chi connectivity index (χ1) is 13.3. The molecule has 0 aromatic heterocycles. The van der Waals surface area contributed by atoms with Crippen LogP contribution in [0.5, 0.6) is 5.75 Å². The smallest absolute Gasteiger partial charge is 0.269 e. The molecule has 28 heavy (non-hydrogen) atoms. The number of nitrogens with zero attached hydrogens (tertiary/aromatic N) is 2. The lowest BCUT2D eigenvalue weighted by atomic mass is 9.75. The summed E-state index contributed by atoms with van der Waals surface area (Å²) in [6, 6.07) is 14.8. The van der Waals surface area contributed by atoms with Crippen molar-refractivity contribution in [1.29, 1.82) is 0 Å². The fraction of sp³-hybridized carbons (Fsp3) is 0.455. The number of hydrogen-bond acceptors (Lipinski definition) is 5. The predicted octanol–water partition coefficient (Wildman–Crippen LogP) is 4.20. The van der Waals surface area contributed by atoms with Gasteiger partial charge in [0.2, 0.25) is 0 Å². The standard InChI is InChI=1S/C22H28N2O4/c1-22(2,25)20-5-4-14-23(17-8-10-18(11-9-17)24(26)27)21(20)15-16-6-12-19(28-3)13-7-16/h6-13,20-21,25H,4-5,14-15H2,1-3H3/t20-,21+/m0/s1. The van der Waals surface area contributed by atoms with E-state index in [2.05, 4.69) is 17.0 Å². The molecule has 1 heterocycles. The van der Waals surface area contributed by atoms with Crippen LogP contribution in [0.2, 0.25) is 0 Å². The van der Waals surface area contributed by atoms with Gasteiger partial charge in [-0.05, 0) is 62.9 Å². The second kappa shape index (κ2) is 8.19. The average Bonchev–Trinajstić information content (AvgIpc) is 2.68. The maximum Gasteiger partial charge on any atom is 0.269 e. The maximum absolute atomic E-state index is 11.0. The Kier molecular flexibility index (Phi) is 5.89. The molecule has 1 fully saturated rings. The molecule has 2 aromatic carbocycles. The molecule has 0 spiro atoms. The molecule has 1 aliphatic heterocycles. The summed E-state index contributed by atoms with van der Waals surface area (Å²) in [7, 11) is 1.65. The van der Waals surface area contributed by atoms with Crippen LogP contribution in [0.25, 0.3) is 0 Å². The van der Waals surface area contributed by atoms with Gasteiger partial charge in [-0.15, -0.1) is 0 Å². The minimum absolute atomic E-state index is 0.0894. The van der Waals surface area contributed by atoms with Crippen molar-refractivity contribution in [2.45, 2.75) is 44.8 Å². The van der Waals surface area contributed by atoms with Crippen LogP contribution in [-0.4, -0.2) is 35.3 Å². The van der Waals surface area contributed by atoms with Crippen LogP contribution in [0.3, 0.4) is 0 Å². The van der Waals surface area contributed by atoms with Crippen LogP contribution in [0.15, 0.2) is 48.5 Å². The van der Waals surface area contributed by atoms with Gasteiger partial charge in [0.25, 0.3) is 5.69 Å². The highest BCUT2D eigenvalue weighted by Crippen LogP contribution is 2.37. The van der Waals surface area contributed by atoms with Crippen molar-refractivity contribution in [2.75, 3.05) is 18.6 Å². The fourth-order valence-electron chi connectivity index (χ4n) is 4.22. The number of benzene rings is 2. The minimum atomic E-state index is -0.809. The van der Waals surface area contributed by atoms with Crippen LogP contribution in [0.4, 0.5) is 11.4 Å². The van der Waals surface area contributed by atoms with Gasteiger partial charge in [-0.1, -0.05) is 12.1 Å². The summed E-state index contributed by atoms with van der Waals surface area (Å²) in [5.41, 5.74) is 1.41. The van der Waals surface area contributed by atoms with Gasteiger partial charge in [0.15, 0.2) is 0 Å². The summed E-state index contributed by atoms with van der Waals surface area (Å²) in [5.74, 6) is 0.914. The zero-order valence-electron chi connectivity index (χ0n) is 16.7. The summed E-state index contributed by atoms with van der Waals surface area (Å²) >= 11 is 0. The molecule has 0 radical (unpaired) electrons. The van der Waals surface area contributed by atoms with E-state index in [9.17, 15) is 15.2 Å². The number of non-ortho nitro benzene ring substituents is 1. The van der Waals surface area contributed by atoms with E-state index in [1.54, 1.807) is 19.2 Å². The molecule has 1 aliphatic rings. The monoisotopic (exact) mass is 384 g/mol. The molecule has 6 nitrogen and oxygen atoms in total. The van der Waals surface area contributed by atoms with Crippen LogP contribution in [0, 0.1) is 16.0 Å². The normalized spacial score (nSPS) is 20.1. The first-order valence-electron chi connectivity index (χ1n) is 9.66. The van der Waals surface area contributed by atoms with Crippen molar-refractivity contribution < 1.29 is 14.8 Å². The number of hydrogen-bond donors (Lipinski definition) is 1. The molecule has 3 rings (SSSR count). The number of aliphatic hydroxyl groups is 1. The lowest BCUT2D eigenvalue weighted by Crippen LogP contribution is -2.53. The molecule has 1 N–H and O–H groups in total. The third kappa shape index (κ3) is 4.44. The Labute approximate surface area is 165 Å². The molecule has 0 amide bonds. The van der Waals surface area contributed by atoms with Crippen molar-refractivity contribution >= 4 is 11.4 Å². The quantitative estimate of drug-likeness (QED) is 0.597. The predicted molar refractivity (Wildman–Crippen MR) is 110 cm³/mol. The van der Waals surface area contributed by atoms with Crippen molar-refractivity contribution in [3.63, 3.8) is 0 Å². The Morgan fingerprint density at radius 2 is 1.82 bits per heavy atom. The minimum Gasteiger partial charge on any atom is -0.497 e. The molecule has 0 aliphatic carbocycles. The number of piperidine rings is 1. The van der Waals surface area contributed by atoms with Gasteiger partial charge in [-0.25, -0.2) is 0 Å². The Hall–Kier alpha value is -2.60. The van der Waals surface area contributed by atoms with Crippen LogP contribution in [0.1, 0.15) is 32.3 Å². The molecule has 2 aromatic rings. The Balaban J connectivity index is 1.92. The Morgan fingerprint density at radius 1 is 1.18 bits per heavy atom. The molecule has 0 saturated carbocycles. The average molecular weight is 384 g/mol. The highest BCUT2D eigenvalue weighted by atomic mass is 16.6. The van der Waals surface area contributed by atoms with Gasteiger partial charge >= 0.3 is 0 Å². The van der Waals surface area contributed by atoms with E-state index in [1.165, 1.54) is 5.56 Å². The summed E-state index contributed by atoms with van der Waals surface area (Å²) in [5, 5.41) is 21.8. The van der Waals surface area contributed by atoms with Crippen LogP contribution < -0.4 is 9.64 Å². The van der Waals surface area contributed by atoms with Crippen molar-refractivity contribution in [2.24, 2.45) is 5.92 Å². The molecule has 150 valence electrons. The van der Waals surface area contributed by atoms with E-state index in [0.29, 0.717) is 0 Å². The second-order valence-electron chi connectivity index (χ2n) is 7.99. The van der Waals surface area contributed by atoms with Crippen molar-refractivity contribution in [3.8, 4) is 5.75 Å². The van der Waals surface area contributed by atoms with Gasteiger partial charge in [0, 0.05) is 36.3 Å². The lowest BCUT2D eigenvalue weighted by Gasteiger charge is -2.47. The zero-order valence-corrected chi connectivity index (χ0v) is 16.7. The zero-order chi connectivity index (χ0) is 20.3. The summed E-state index contributed by atoms with van der Waals surface area (Å²) < 4.78 is 5.25. The van der Waals surface area contributed by atoms with Gasteiger partial charge in [-0.2, -0.15) is 0 Å². The molecule has 6 heteroatoms. The number of ether oxygens (including phenoxy) is 1. The topological polar surface area (TPSA) is 75.8 Å². The molecule has 0 unspecified atom stereocenters. The van der Waals surface area contributed by atoms with Gasteiger partial charge < -0.3 is 14.7 Å². The number of nitro benzene ring substituents is 1. The number of methoxy groups -OCH3 is 1. The highest BCUT2D eigenvalue weighted by molar-refractivity contribution is 5.52. The van der Waals surface area contributed by atoms with E-state index < -0.39 is 5.60 Å². The largest absolute Gasteiger partial charge is 0.497 e. The molecular weight excluding hydrogens is 356 g/mol. The fourth-order valence-corrected chi connectivity index (χ4v) is 4.22. The SMILES string of the molecule is COc1ccc(C[C@@H]2[C@@H](C(C)(C)O)CCCN2c2ccc([N+](=O)[O-])cc2)cc1. The summed E-state index contributed by atoms with van der Waals surface area (Å²) in [6.45, 7) is 4.61. The summed E-state index contributed by atoms with van der Waals surface area (Å²) in [4.78, 5) is 12.9. The van der Waals surface area contributed by atoms with E-state index in [0.717, 1.165) is 37.2 Å². The van der Waals surface area contributed by atoms with Crippen LogP contribution in [-0.2, 0) is 6.42 Å². The van der Waals surface area contributed by atoms with E-state index in [4.69, 9.17) is 4.74 Å². The third-order valence-corrected chi connectivity index (χ3v) is 5.68. The third-order valence-electron chi connectivity index (χ3n) is 5.68. The Bertz CT molecular complexity index is 797. The maximum atomic E-state index is 11.0. The number of nitro groups is 1. The molecule has 1 saturated heterocycles. The van der Waals surface area contributed by atoms with Crippen molar-refractivity contribution in [1.82, 2.24) is 0 Å². The highest BCUT2D eigenvalue weighted by Gasteiger charge is 2.39. The molecule has 0 bridgehead atoms. The van der Waals surface area contributed by atoms with Gasteiger partial charge in [-0.3, -0.25) is 10.1 Å². The van der Waals surface area contributed by atoms with Gasteiger partial charge in [0.1, 0.15) is 5.75 Å². The van der Waals surface area contributed by atoms with E-state index in [-0.39, 0.29) is 22.6 Å². The summed E-state index contributed by atoms with van der Waals surface area (Å²) in [6.07, 6.45) is 2.72. The number of anilines is 1. The van der Waals surface area contributed by atoms with Crippen LogP contribution >= 0.6 is 0 Å². The second-order valence-corrected chi connectivity index (χ2v) is 7.99.